The Morgan fingerprint density at radius 1 is 1.37 bits per heavy atom. The fraction of sp³-hybridized carbons (Fsp3) is 0.385. The Balaban J connectivity index is 2.03. The van der Waals surface area contributed by atoms with Crippen molar-refractivity contribution in [3.05, 3.63) is 33.8 Å². The van der Waals surface area contributed by atoms with E-state index in [1.54, 1.807) is 6.07 Å². The van der Waals surface area contributed by atoms with Gasteiger partial charge in [0.25, 0.3) is 5.19 Å². The standard InChI is InChI=1S/C13H16ClN3OS/c1-8(2)15-7-12-16-17-13(19-12)18-11-5-4-10(14)6-9(11)3/h4-6,8,15H,7H2,1-3H3. The highest BCUT2D eigenvalue weighted by atomic mass is 35.5. The molecule has 0 fully saturated rings. The molecule has 0 unspecified atom stereocenters. The summed E-state index contributed by atoms with van der Waals surface area (Å²) in [5.41, 5.74) is 0.976. The first-order chi connectivity index (χ1) is 9.04. The van der Waals surface area contributed by atoms with E-state index in [2.05, 4.69) is 29.4 Å². The molecule has 0 amide bonds. The van der Waals surface area contributed by atoms with Crippen LogP contribution in [0.2, 0.25) is 5.02 Å². The van der Waals surface area contributed by atoms with E-state index in [-0.39, 0.29) is 0 Å². The Kier molecular flexibility index (Phi) is 4.74. The number of halogens is 1. The van der Waals surface area contributed by atoms with Gasteiger partial charge in [-0.15, -0.1) is 5.10 Å². The van der Waals surface area contributed by atoms with Crippen LogP contribution in [0.1, 0.15) is 24.4 Å². The van der Waals surface area contributed by atoms with Crippen LogP contribution in [0.25, 0.3) is 0 Å². The van der Waals surface area contributed by atoms with Crippen molar-refractivity contribution in [1.29, 1.82) is 0 Å². The first-order valence-electron chi connectivity index (χ1n) is 6.04. The number of rotatable bonds is 5. The van der Waals surface area contributed by atoms with Crippen molar-refractivity contribution in [2.24, 2.45) is 0 Å². The maximum Gasteiger partial charge on any atom is 0.299 e. The molecule has 2 aromatic rings. The minimum absolute atomic E-state index is 0.423. The third-order valence-electron chi connectivity index (χ3n) is 2.44. The monoisotopic (exact) mass is 297 g/mol. The number of aromatic nitrogens is 2. The van der Waals surface area contributed by atoms with Crippen LogP contribution in [-0.4, -0.2) is 16.2 Å². The molecule has 0 radical (unpaired) electrons. The van der Waals surface area contributed by atoms with Gasteiger partial charge in [0.05, 0.1) is 6.54 Å². The number of nitrogens with zero attached hydrogens (tertiary/aromatic N) is 2. The van der Waals surface area contributed by atoms with E-state index < -0.39 is 0 Å². The summed E-state index contributed by atoms with van der Waals surface area (Å²) in [6.45, 7) is 6.84. The number of hydrogen-bond acceptors (Lipinski definition) is 5. The lowest BCUT2D eigenvalue weighted by atomic mass is 10.2. The number of ether oxygens (including phenoxy) is 1. The molecule has 0 saturated carbocycles. The summed E-state index contributed by atoms with van der Waals surface area (Å²) in [5, 5.41) is 13.6. The number of nitrogens with one attached hydrogen (secondary N) is 1. The van der Waals surface area contributed by atoms with Gasteiger partial charge in [0.1, 0.15) is 10.8 Å². The van der Waals surface area contributed by atoms with E-state index in [0.717, 1.165) is 16.3 Å². The third kappa shape index (κ3) is 4.16. The molecule has 1 heterocycles. The second kappa shape index (κ2) is 6.32. The predicted octanol–water partition coefficient (Wildman–Crippen LogP) is 3.79. The van der Waals surface area contributed by atoms with Gasteiger partial charge in [-0.05, 0) is 30.7 Å². The van der Waals surface area contributed by atoms with Crippen LogP contribution in [-0.2, 0) is 6.54 Å². The summed E-state index contributed by atoms with van der Waals surface area (Å²) >= 11 is 7.35. The Morgan fingerprint density at radius 3 is 2.84 bits per heavy atom. The van der Waals surface area contributed by atoms with Crippen LogP contribution < -0.4 is 10.1 Å². The average Bonchev–Trinajstić information content (AvgIpc) is 2.78. The molecule has 1 aromatic heterocycles. The normalized spacial score (nSPS) is 11.0. The minimum Gasteiger partial charge on any atom is -0.430 e. The molecule has 0 aliphatic heterocycles. The zero-order valence-electron chi connectivity index (χ0n) is 11.1. The topological polar surface area (TPSA) is 47.0 Å². The number of benzene rings is 1. The quantitative estimate of drug-likeness (QED) is 0.912. The highest BCUT2D eigenvalue weighted by molar-refractivity contribution is 7.13. The van der Waals surface area contributed by atoms with Gasteiger partial charge in [-0.25, -0.2) is 0 Å². The van der Waals surface area contributed by atoms with Crippen molar-refractivity contribution in [1.82, 2.24) is 15.5 Å². The van der Waals surface area contributed by atoms with Gasteiger partial charge >= 0.3 is 0 Å². The van der Waals surface area contributed by atoms with Crippen LogP contribution in [0.5, 0.6) is 10.9 Å². The number of aryl methyl sites for hydroxylation is 1. The maximum absolute atomic E-state index is 5.91. The SMILES string of the molecule is Cc1cc(Cl)ccc1Oc1nnc(CNC(C)C)s1. The van der Waals surface area contributed by atoms with E-state index in [1.165, 1.54) is 11.3 Å². The first kappa shape index (κ1) is 14.2. The molecule has 0 aliphatic rings. The highest BCUT2D eigenvalue weighted by Gasteiger charge is 2.08. The molecule has 1 N–H and O–H groups in total. The third-order valence-corrected chi connectivity index (χ3v) is 3.48. The van der Waals surface area contributed by atoms with Crippen molar-refractivity contribution in [2.45, 2.75) is 33.4 Å². The molecule has 0 spiro atoms. The lowest BCUT2D eigenvalue weighted by molar-refractivity contribution is 0.469. The van der Waals surface area contributed by atoms with Gasteiger partial charge in [-0.3, -0.25) is 0 Å². The first-order valence-corrected chi connectivity index (χ1v) is 7.24. The van der Waals surface area contributed by atoms with Gasteiger partial charge in [-0.2, -0.15) is 0 Å². The van der Waals surface area contributed by atoms with Gasteiger partial charge in [0.15, 0.2) is 0 Å². The molecule has 0 saturated heterocycles. The number of hydrogen-bond donors (Lipinski definition) is 1. The van der Waals surface area contributed by atoms with Crippen LogP contribution in [0.15, 0.2) is 18.2 Å². The van der Waals surface area contributed by atoms with Crippen LogP contribution in [0, 0.1) is 6.92 Å². The average molecular weight is 298 g/mol. The van der Waals surface area contributed by atoms with Crippen LogP contribution >= 0.6 is 22.9 Å². The summed E-state index contributed by atoms with van der Waals surface area (Å²) in [7, 11) is 0. The predicted molar refractivity (Wildman–Crippen MR) is 78.1 cm³/mol. The van der Waals surface area contributed by atoms with E-state index in [0.29, 0.717) is 22.8 Å². The molecule has 6 heteroatoms. The molecule has 0 aliphatic carbocycles. The zero-order valence-corrected chi connectivity index (χ0v) is 12.7. The molecule has 1 aromatic carbocycles. The van der Waals surface area contributed by atoms with E-state index in [1.807, 2.05) is 19.1 Å². The molecule has 19 heavy (non-hydrogen) atoms. The lowest BCUT2D eigenvalue weighted by Crippen LogP contribution is -2.21. The van der Waals surface area contributed by atoms with Gasteiger partial charge in [0, 0.05) is 11.1 Å². The fourth-order valence-electron chi connectivity index (χ4n) is 1.46. The van der Waals surface area contributed by atoms with Crippen molar-refractivity contribution in [2.75, 3.05) is 0 Å². The second-order valence-corrected chi connectivity index (χ2v) is 5.97. The molecular weight excluding hydrogens is 282 g/mol. The van der Waals surface area contributed by atoms with Crippen molar-refractivity contribution >= 4 is 22.9 Å². The van der Waals surface area contributed by atoms with E-state index >= 15 is 0 Å². The van der Waals surface area contributed by atoms with Crippen molar-refractivity contribution < 1.29 is 4.74 Å². The van der Waals surface area contributed by atoms with Crippen LogP contribution in [0.3, 0.4) is 0 Å². The Bertz CT molecular complexity index is 557. The molecule has 0 atom stereocenters. The van der Waals surface area contributed by atoms with E-state index in [9.17, 15) is 0 Å². The maximum atomic E-state index is 5.91. The molecule has 102 valence electrons. The second-order valence-electron chi connectivity index (χ2n) is 4.51. The smallest absolute Gasteiger partial charge is 0.299 e. The lowest BCUT2D eigenvalue weighted by Gasteiger charge is -2.05. The highest BCUT2D eigenvalue weighted by Crippen LogP contribution is 2.29. The van der Waals surface area contributed by atoms with Crippen molar-refractivity contribution in [3.8, 4) is 10.9 Å². The summed E-state index contributed by atoms with van der Waals surface area (Å²) in [5.74, 6) is 0.754. The largest absolute Gasteiger partial charge is 0.430 e. The summed E-state index contributed by atoms with van der Waals surface area (Å²) in [6.07, 6.45) is 0. The van der Waals surface area contributed by atoms with Crippen LogP contribution in [0.4, 0.5) is 0 Å². The summed E-state index contributed by atoms with van der Waals surface area (Å²) in [6, 6.07) is 5.92. The Hall–Kier alpha value is -1.17. The van der Waals surface area contributed by atoms with Gasteiger partial charge in [-0.1, -0.05) is 41.9 Å². The van der Waals surface area contributed by atoms with Gasteiger partial charge in [0.2, 0.25) is 0 Å². The van der Waals surface area contributed by atoms with Crippen molar-refractivity contribution in [3.63, 3.8) is 0 Å². The Morgan fingerprint density at radius 2 is 2.16 bits per heavy atom. The fourth-order valence-corrected chi connectivity index (χ4v) is 2.34. The molecule has 2 rings (SSSR count). The molecule has 4 nitrogen and oxygen atoms in total. The Labute approximate surface area is 121 Å². The zero-order chi connectivity index (χ0) is 13.8. The van der Waals surface area contributed by atoms with E-state index in [4.69, 9.17) is 16.3 Å². The van der Waals surface area contributed by atoms with Gasteiger partial charge < -0.3 is 10.1 Å². The summed E-state index contributed by atoms with van der Waals surface area (Å²) in [4.78, 5) is 0. The molecular formula is C13H16ClN3OS. The summed E-state index contributed by atoms with van der Waals surface area (Å²) < 4.78 is 5.71. The minimum atomic E-state index is 0.423. The molecule has 0 bridgehead atoms.